The van der Waals surface area contributed by atoms with Crippen LogP contribution in [0.1, 0.15) is 41.0 Å². The maximum absolute atomic E-state index is 9.28. The Kier molecular flexibility index (Phi) is 4.97. The van der Waals surface area contributed by atoms with E-state index in [0.717, 1.165) is 24.4 Å². The second-order valence-electron chi connectivity index (χ2n) is 5.67. The van der Waals surface area contributed by atoms with Gasteiger partial charge in [0.25, 0.3) is 0 Å². The van der Waals surface area contributed by atoms with Crippen molar-refractivity contribution < 1.29 is 5.11 Å². The molecule has 1 aromatic heterocycles. The van der Waals surface area contributed by atoms with Crippen LogP contribution in [0.4, 0.5) is 0 Å². The molecule has 0 radical (unpaired) electrons. The van der Waals surface area contributed by atoms with Crippen molar-refractivity contribution in [3.8, 4) is 5.75 Å². The first-order valence-electron chi connectivity index (χ1n) is 7.43. The number of aromatic nitrogens is 1. The van der Waals surface area contributed by atoms with Crippen LogP contribution in [0.3, 0.4) is 0 Å². The second kappa shape index (κ2) is 6.72. The molecule has 0 aliphatic rings. The molecule has 1 heterocycles. The third-order valence-electron chi connectivity index (χ3n) is 3.82. The van der Waals surface area contributed by atoms with Gasteiger partial charge in [-0.25, -0.2) is 0 Å². The van der Waals surface area contributed by atoms with Crippen LogP contribution in [0.5, 0.6) is 5.75 Å². The highest BCUT2D eigenvalue weighted by Gasteiger charge is 2.12. The minimum absolute atomic E-state index is 0.287. The molecule has 2 N–H and O–H groups in total. The lowest BCUT2D eigenvalue weighted by molar-refractivity contribution is 0.475. The lowest BCUT2D eigenvalue weighted by atomic mass is 10.00. The zero-order valence-corrected chi connectivity index (χ0v) is 13.3. The number of aryl methyl sites for hydroxylation is 3. The van der Waals surface area contributed by atoms with Crippen LogP contribution in [-0.2, 0) is 6.42 Å². The molecular formula is C18H24N2O. The van der Waals surface area contributed by atoms with Gasteiger partial charge in [-0.05, 0) is 75.5 Å². The number of nitrogens with one attached hydrogen (secondary N) is 1. The van der Waals surface area contributed by atoms with Gasteiger partial charge in [-0.3, -0.25) is 4.98 Å². The first kappa shape index (κ1) is 15.5. The predicted molar refractivity (Wildman–Crippen MR) is 86.7 cm³/mol. The fourth-order valence-electron chi connectivity index (χ4n) is 2.89. The summed E-state index contributed by atoms with van der Waals surface area (Å²) in [7, 11) is 0. The minimum Gasteiger partial charge on any atom is -0.508 e. The van der Waals surface area contributed by atoms with Gasteiger partial charge in [0.15, 0.2) is 0 Å². The molecule has 0 saturated heterocycles. The van der Waals surface area contributed by atoms with Crippen LogP contribution >= 0.6 is 0 Å². The number of benzene rings is 1. The number of aromatic hydroxyl groups is 1. The summed E-state index contributed by atoms with van der Waals surface area (Å²) in [6, 6.07) is 9.82. The third-order valence-corrected chi connectivity index (χ3v) is 3.82. The van der Waals surface area contributed by atoms with E-state index in [1.807, 2.05) is 19.1 Å². The molecule has 3 nitrogen and oxygen atoms in total. The Labute approximate surface area is 127 Å². The van der Waals surface area contributed by atoms with Crippen molar-refractivity contribution in [3.05, 3.63) is 58.4 Å². The first-order chi connectivity index (χ1) is 9.97. The van der Waals surface area contributed by atoms with Crippen LogP contribution < -0.4 is 5.32 Å². The summed E-state index contributed by atoms with van der Waals surface area (Å²) in [5.41, 5.74) is 6.00. The van der Waals surface area contributed by atoms with Crippen molar-refractivity contribution in [1.82, 2.24) is 10.3 Å². The van der Waals surface area contributed by atoms with Crippen LogP contribution in [0, 0.1) is 20.8 Å². The lowest BCUT2D eigenvalue weighted by Crippen LogP contribution is -2.23. The molecule has 21 heavy (non-hydrogen) atoms. The van der Waals surface area contributed by atoms with Crippen molar-refractivity contribution in [1.29, 1.82) is 0 Å². The Hall–Kier alpha value is -1.87. The van der Waals surface area contributed by atoms with E-state index >= 15 is 0 Å². The minimum atomic E-state index is 0.287. The number of pyridine rings is 1. The van der Waals surface area contributed by atoms with Gasteiger partial charge in [0, 0.05) is 17.4 Å². The quantitative estimate of drug-likeness (QED) is 0.881. The maximum Gasteiger partial charge on any atom is 0.115 e. The van der Waals surface area contributed by atoms with Gasteiger partial charge in [-0.1, -0.05) is 12.1 Å². The maximum atomic E-state index is 9.28. The summed E-state index contributed by atoms with van der Waals surface area (Å²) in [5.74, 6) is 0.317. The molecule has 0 aliphatic heterocycles. The summed E-state index contributed by atoms with van der Waals surface area (Å²) in [6.07, 6.45) is 0.946. The Morgan fingerprint density at radius 1 is 1.14 bits per heavy atom. The average molecular weight is 284 g/mol. The Balaban J connectivity index is 1.96. The van der Waals surface area contributed by atoms with Gasteiger partial charge in [0.2, 0.25) is 0 Å². The summed E-state index contributed by atoms with van der Waals surface area (Å²) in [6.45, 7) is 9.34. The molecule has 1 atom stereocenters. The molecule has 0 fully saturated rings. The van der Waals surface area contributed by atoms with Gasteiger partial charge >= 0.3 is 0 Å². The molecule has 112 valence electrons. The summed E-state index contributed by atoms with van der Waals surface area (Å²) in [5, 5.41) is 12.8. The molecule has 0 aliphatic carbocycles. The number of nitrogens with zero attached hydrogens (tertiary/aromatic N) is 1. The zero-order chi connectivity index (χ0) is 15.4. The third kappa shape index (κ3) is 4.05. The van der Waals surface area contributed by atoms with Gasteiger partial charge in [0.05, 0.1) is 0 Å². The average Bonchev–Trinajstić information content (AvgIpc) is 2.40. The van der Waals surface area contributed by atoms with Crippen LogP contribution in [0.15, 0.2) is 30.3 Å². The number of hydrogen-bond donors (Lipinski definition) is 2. The van der Waals surface area contributed by atoms with Crippen molar-refractivity contribution in [2.24, 2.45) is 0 Å². The fraction of sp³-hybridized carbons (Fsp3) is 0.389. The first-order valence-corrected chi connectivity index (χ1v) is 7.43. The molecular weight excluding hydrogens is 260 g/mol. The highest BCUT2D eigenvalue weighted by molar-refractivity contribution is 5.33. The van der Waals surface area contributed by atoms with E-state index in [2.05, 4.69) is 37.1 Å². The zero-order valence-electron chi connectivity index (χ0n) is 13.3. The van der Waals surface area contributed by atoms with Gasteiger partial charge < -0.3 is 10.4 Å². The smallest absolute Gasteiger partial charge is 0.115 e. The summed E-state index contributed by atoms with van der Waals surface area (Å²) >= 11 is 0. The molecule has 0 saturated carbocycles. The highest BCUT2D eigenvalue weighted by atomic mass is 16.3. The summed E-state index contributed by atoms with van der Waals surface area (Å²) < 4.78 is 0. The molecule has 2 aromatic rings. The van der Waals surface area contributed by atoms with E-state index in [4.69, 9.17) is 0 Å². The van der Waals surface area contributed by atoms with E-state index in [1.54, 1.807) is 12.1 Å². The molecule has 1 unspecified atom stereocenters. The Morgan fingerprint density at radius 3 is 2.43 bits per heavy atom. The monoisotopic (exact) mass is 284 g/mol. The molecule has 1 aromatic carbocycles. The standard InChI is InChI=1S/C18H24N2O/c1-12-11-13(2)20-15(4)18(12)14(3)19-10-9-16-5-7-17(21)8-6-16/h5-8,11,14,19,21H,9-10H2,1-4H3. The van der Waals surface area contributed by atoms with Crippen molar-refractivity contribution in [3.63, 3.8) is 0 Å². The number of phenolic OH excluding ortho intramolecular Hbond substituents is 1. The molecule has 0 amide bonds. The Morgan fingerprint density at radius 2 is 1.81 bits per heavy atom. The lowest BCUT2D eigenvalue weighted by Gasteiger charge is -2.19. The largest absolute Gasteiger partial charge is 0.508 e. The van der Waals surface area contributed by atoms with Gasteiger partial charge in [-0.2, -0.15) is 0 Å². The van der Waals surface area contributed by atoms with Gasteiger partial charge in [0.1, 0.15) is 5.75 Å². The van der Waals surface area contributed by atoms with Crippen LogP contribution in [0.2, 0.25) is 0 Å². The van der Waals surface area contributed by atoms with Crippen molar-refractivity contribution in [2.75, 3.05) is 6.54 Å². The fourth-order valence-corrected chi connectivity index (χ4v) is 2.89. The number of phenols is 1. The van der Waals surface area contributed by atoms with Crippen molar-refractivity contribution in [2.45, 2.75) is 40.2 Å². The second-order valence-corrected chi connectivity index (χ2v) is 5.67. The van der Waals surface area contributed by atoms with Crippen LogP contribution in [-0.4, -0.2) is 16.6 Å². The molecule has 0 bridgehead atoms. The SMILES string of the molecule is Cc1cc(C)c(C(C)NCCc2ccc(O)cc2)c(C)n1. The molecule has 2 rings (SSSR count). The van der Waals surface area contributed by atoms with E-state index in [0.29, 0.717) is 5.75 Å². The van der Waals surface area contributed by atoms with Crippen LogP contribution in [0.25, 0.3) is 0 Å². The highest BCUT2D eigenvalue weighted by Crippen LogP contribution is 2.21. The number of rotatable bonds is 5. The topological polar surface area (TPSA) is 45.1 Å². The summed E-state index contributed by atoms with van der Waals surface area (Å²) in [4.78, 5) is 4.56. The molecule has 0 spiro atoms. The number of hydrogen-bond acceptors (Lipinski definition) is 3. The van der Waals surface area contributed by atoms with E-state index in [-0.39, 0.29) is 6.04 Å². The van der Waals surface area contributed by atoms with Gasteiger partial charge in [-0.15, -0.1) is 0 Å². The van der Waals surface area contributed by atoms with Crippen molar-refractivity contribution >= 4 is 0 Å². The van der Waals surface area contributed by atoms with E-state index in [9.17, 15) is 5.11 Å². The van der Waals surface area contributed by atoms with E-state index in [1.165, 1.54) is 16.7 Å². The normalized spacial score (nSPS) is 12.4. The Bertz CT molecular complexity index is 582. The predicted octanol–water partition coefficient (Wildman–Crippen LogP) is 3.61. The van der Waals surface area contributed by atoms with E-state index < -0.39 is 0 Å². The molecule has 3 heteroatoms.